The van der Waals surface area contributed by atoms with Crippen LogP contribution in [0.4, 0.5) is 9.18 Å². The zero-order chi connectivity index (χ0) is 22.0. The van der Waals surface area contributed by atoms with Crippen LogP contribution >= 0.6 is 11.8 Å². The van der Waals surface area contributed by atoms with Crippen molar-refractivity contribution in [2.75, 3.05) is 5.75 Å². The van der Waals surface area contributed by atoms with E-state index < -0.39 is 29.2 Å². The van der Waals surface area contributed by atoms with Gasteiger partial charge in [-0.1, -0.05) is 48.2 Å². The van der Waals surface area contributed by atoms with E-state index in [9.17, 15) is 18.8 Å². The highest BCUT2D eigenvalue weighted by Crippen LogP contribution is 2.27. The molecule has 1 unspecified atom stereocenters. The van der Waals surface area contributed by atoms with Gasteiger partial charge in [0.2, 0.25) is 11.1 Å². The molecule has 1 aliphatic heterocycles. The minimum Gasteiger partial charge on any atom is -0.318 e. The van der Waals surface area contributed by atoms with Gasteiger partial charge in [0, 0.05) is 0 Å². The van der Waals surface area contributed by atoms with Crippen LogP contribution in [0.15, 0.2) is 59.8 Å². The summed E-state index contributed by atoms with van der Waals surface area (Å²) in [6.45, 7) is 1.57. The number of amides is 4. The predicted octanol–water partition coefficient (Wildman–Crippen LogP) is 1.39. The number of carbonyl (C=O) groups excluding carboxylic acids is 3. The number of hydrogen-bond acceptors (Lipinski definition) is 7. The van der Waals surface area contributed by atoms with Crippen LogP contribution in [0.3, 0.4) is 0 Å². The van der Waals surface area contributed by atoms with Crippen LogP contribution in [-0.4, -0.2) is 48.8 Å². The third-order valence-corrected chi connectivity index (χ3v) is 5.52. The van der Waals surface area contributed by atoms with Crippen molar-refractivity contribution in [3.8, 4) is 5.69 Å². The highest BCUT2D eigenvalue weighted by Gasteiger charge is 2.49. The lowest BCUT2D eigenvalue weighted by Crippen LogP contribution is -2.48. The Hall–Kier alpha value is -3.80. The second kappa shape index (κ2) is 8.14. The van der Waals surface area contributed by atoms with Crippen molar-refractivity contribution in [2.45, 2.75) is 17.6 Å². The molecule has 4 amide bonds. The predicted molar refractivity (Wildman–Crippen MR) is 107 cm³/mol. The van der Waals surface area contributed by atoms with Gasteiger partial charge in [-0.3, -0.25) is 15.0 Å². The fraction of sp³-hybridized carbons (Fsp3) is 0.158. The molecule has 1 aromatic heterocycles. The Morgan fingerprint density at radius 3 is 2.71 bits per heavy atom. The van der Waals surface area contributed by atoms with Crippen molar-refractivity contribution in [3.63, 3.8) is 0 Å². The van der Waals surface area contributed by atoms with Crippen LogP contribution in [0.5, 0.6) is 0 Å². The van der Waals surface area contributed by atoms with E-state index in [1.54, 1.807) is 43.3 Å². The molecule has 1 atom stereocenters. The third kappa shape index (κ3) is 3.97. The molecule has 1 fully saturated rings. The zero-order valence-corrected chi connectivity index (χ0v) is 17.0. The van der Waals surface area contributed by atoms with Crippen molar-refractivity contribution in [1.82, 2.24) is 36.0 Å². The topological polar surface area (TPSA) is 122 Å². The van der Waals surface area contributed by atoms with Gasteiger partial charge in [0.25, 0.3) is 5.91 Å². The molecule has 158 valence electrons. The second-order valence-corrected chi connectivity index (χ2v) is 7.68. The SMILES string of the molecule is CC1(c2ccccc2)NC(=O)N(NC(=O)CSc2nnnn2-c2cccc(F)c2)C1=O. The van der Waals surface area contributed by atoms with E-state index in [0.717, 1.165) is 11.8 Å². The van der Waals surface area contributed by atoms with Crippen molar-refractivity contribution < 1.29 is 18.8 Å². The number of carbonyl (C=O) groups is 3. The number of urea groups is 1. The molecule has 0 spiro atoms. The monoisotopic (exact) mass is 441 g/mol. The quantitative estimate of drug-likeness (QED) is 0.438. The maximum absolute atomic E-state index is 13.5. The smallest absolute Gasteiger partial charge is 0.318 e. The summed E-state index contributed by atoms with van der Waals surface area (Å²) in [7, 11) is 0. The van der Waals surface area contributed by atoms with Crippen molar-refractivity contribution in [2.24, 2.45) is 0 Å². The van der Waals surface area contributed by atoms with Gasteiger partial charge in [0.15, 0.2) is 0 Å². The number of nitrogens with one attached hydrogen (secondary N) is 2. The molecule has 4 rings (SSSR count). The first-order valence-corrected chi connectivity index (χ1v) is 10.1. The van der Waals surface area contributed by atoms with Gasteiger partial charge in [-0.2, -0.15) is 9.69 Å². The number of hydrogen-bond donors (Lipinski definition) is 2. The second-order valence-electron chi connectivity index (χ2n) is 6.74. The summed E-state index contributed by atoms with van der Waals surface area (Å²) in [6.07, 6.45) is 0. The number of aromatic nitrogens is 4. The van der Waals surface area contributed by atoms with Gasteiger partial charge in [-0.05, 0) is 41.1 Å². The molecule has 1 saturated heterocycles. The molecular weight excluding hydrogens is 425 g/mol. The Morgan fingerprint density at radius 1 is 1.19 bits per heavy atom. The van der Waals surface area contributed by atoms with E-state index in [1.807, 2.05) is 0 Å². The summed E-state index contributed by atoms with van der Waals surface area (Å²) in [4.78, 5) is 37.5. The maximum Gasteiger partial charge on any atom is 0.344 e. The summed E-state index contributed by atoms with van der Waals surface area (Å²) < 4.78 is 14.7. The molecule has 2 heterocycles. The molecule has 1 aliphatic rings. The van der Waals surface area contributed by atoms with E-state index in [0.29, 0.717) is 16.3 Å². The van der Waals surface area contributed by atoms with E-state index in [-0.39, 0.29) is 10.9 Å². The summed E-state index contributed by atoms with van der Waals surface area (Å²) in [5.41, 5.74) is 2.00. The van der Waals surface area contributed by atoms with Gasteiger partial charge in [0.05, 0.1) is 11.4 Å². The Morgan fingerprint density at radius 2 is 1.97 bits per heavy atom. The van der Waals surface area contributed by atoms with Crippen LogP contribution in [-0.2, 0) is 15.1 Å². The van der Waals surface area contributed by atoms with E-state index >= 15 is 0 Å². The van der Waals surface area contributed by atoms with Gasteiger partial charge >= 0.3 is 6.03 Å². The Balaban J connectivity index is 1.42. The number of halogens is 1. The van der Waals surface area contributed by atoms with Gasteiger partial charge in [-0.25, -0.2) is 9.18 Å². The highest BCUT2D eigenvalue weighted by molar-refractivity contribution is 7.99. The summed E-state index contributed by atoms with van der Waals surface area (Å²) in [6, 6.07) is 13.6. The number of benzene rings is 2. The zero-order valence-electron chi connectivity index (χ0n) is 16.2. The summed E-state index contributed by atoms with van der Waals surface area (Å²) in [5, 5.41) is 14.7. The van der Waals surface area contributed by atoms with Gasteiger partial charge < -0.3 is 5.32 Å². The Kier molecular flexibility index (Phi) is 5.38. The molecule has 10 nitrogen and oxygen atoms in total. The molecule has 12 heteroatoms. The first-order valence-electron chi connectivity index (χ1n) is 9.07. The first kappa shape index (κ1) is 20.5. The van der Waals surface area contributed by atoms with Crippen LogP contribution < -0.4 is 10.7 Å². The van der Waals surface area contributed by atoms with Crippen molar-refractivity contribution in [1.29, 1.82) is 0 Å². The maximum atomic E-state index is 13.5. The van der Waals surface area contributed by atoms with Crippen LogP contribution in [0.2, 0.25) is 0 Å². The fourth-order valence-corrected chi connectivity index (χ4v) is 3.72. The highest BCUT2D eigenvalue weighted by atomic mass is 32.2. The standard InChI is InChI=1S/C19H16FN7O3S/c1-19(12-6-3-2-4-7-12)16(29)27(17(30)21-19)23-15(28)11-31-18-22-24-25-26(18)14-9-5-8-13(20)10-14/h2-10H,11H2,1H3,(H,21,30)(H,23,28). The fourth-order valence-electron chi connectivity index (χ4n) is 3.03. The van der Waals surface area contributed by atoms with Crippen LogP contribution in [0, 0.1) is 5.82 Å². The number of thioether (sulfide) groups is 1. The lowest BCUT2D eigenvalue weighted by molar-refractivity contribution is -0.138. The van der Waals surface area contributed by atoms with Crippen LogP contribution in [0.1, 0.15) is 12.5 Å². The minimum atomic E-state index is -1.29. The van der Waals surface area contributed by atoms with E-state index in [1.165, 1.54) is 22.9 Å². The Bertz CT molecular complexity index is 1160. The minimum absolute atomic E-state index is 0.186. The number of tetrazole rings is 1. The van der Waals surface area contributed by atoms with Gasteiger partial charge in [0.1, 0.15) is 11.4 Å². The van der Waals surface area contributed by atoms with Crippen LogP contribution in [0.25, 0.3) is 5.69 Å². The molecule has 0 saturated carbocycles. The number of rotatable bonds is 6. The van der Waals surface area contributed by atoms with Crippen molar-refractivity contribution in [3.05, 3.63) is 66.0 Å². The first-order chi connectivity index (χ1) is 14.9. The normalized spacial score (nSPS) is 18.2. The largest absolute Gasteiger partial charge is 0.344 e. The lowest BCUT2D eigenvalue weighted by Gasteiger charge is -2.22. The van der Waals surface area contributed by atoms with Gasteiger partial charge in [-0.15, -0.1) is 5.10 Å². The average Bonchev–Trinajstić information content (AvgIpc) is 3.32. The Labute approximate surface area is 179 Å². The number of hydrazine groups is 1. The molecule has 2 aromatic carbocycles. The molecule has 2 N–H and O–H groups in total. The molecular formula is C19H16FN7O3S. The average molecular weight is 441 g/mol. The molecule has 3 aromatic rings. The summed E-state index contributed by atoms with van der Waals surface area (Å²) >= 11 is 0.967. The molecule has 31 heavy (non-hydrogen) atoms. The molecule has 0 bridgehead atoms. The number of nitrogens with zero attached hydrogens (tertiary/aromatic N) is 5. The summed E-state index contributed by atoms with van der Waals surface area (Å²) in [5.74, 6) is -1.86. The third-order valence-electron chi connectivity index (χ3n) is 4.60. The van der Waals surface area contributed by atoms with Crippen molar-refractivity contribution >= 4 is 29.6 Å². The molecule has 0 aliphatic carbocycles. The number of imide groups is 1. The van der Waals surface area contributed by atoms with E-state index in [4.69, 9.17) is 0 Å². The van der Waals surface area contributed by atoms with E-state index in [2.05, 4.69) is 26.3 Å². The lowest BCUT2D eigenvalue weighted by atomic mass is 9.92. The molecule has 0 radical (unpaired) electrons.